The zero-order valence-electron chi connectivity index (χ0n) is 13.8. The van der Waals surface area contributed by atoms with Crippen LogP contribution in [0.15, 0.2) is 18.2 Å². The summed E-state index contributed by atoms with van der Waals surface area (Å²) in [6.07, 6.45) is 1.40. The van der Waals surface area contributed by atoms with Gasteiger partial charge < -0.3 is 19.1 Å². The lowest BCUT2D eigenvalue weighted by atomic mass is 10.1. The molecule has 0 N–H and O–H groups in total. The maximum absolute atomic E-state index is 11.8. The Morgan fingerprint density at radius 1 is 1.32 bits per heavy atom. The van der Waals surface area contributed by atoms with Gasteiger partial charge in [-0.25, -0.2) is 0 Å². The summed E-state index contributed by atoms with van der Waals surface area (Å²) in [5.41, 5.74) is 1.02. The molecule has 1 aromatic rings. The van der Waals surface area contributed by atoms with Crippen LogP contribution in [0.4, 0.5) is 5.69 Å². The molecule has 1 fully saturated rings. The zero-order valence-corrected chi connectivity index (χ0v) is 13.8. The molecule has 0 aromatic heterocycles. The highest BCUT2D eigenvalue weighted by molar-refractivity contribution is 5.70. The van der Waals surface area contributed by atoms with E-state index in [9.17, 15) is 4.79 Å². The topological polar surface area (TPSA) is 48.0 Å². The minimum Gasteiger partial charge on any atom is -0.497 e. The molecule has 5 nitrogen and oxygen atoms in total. The first-order valence-corrected chi connectivity index (χ1v) is 7.70. The first kappa shape index (κ1) is 16.5. The fraction of sp³-hybridized carbons (Fsp3) is 0.588. The third kappa shape index (κ3) is 4.06. The molecule has 0 saturated carbocycles. The van der Waals surface area contributed by atoms with Crippen molar-refractivity contribution in [1.29, 1.82) is 0 Å². The van der Waals surface area contributed by atoms with E-state index in [4.69, 9.17) is 14.2 Å². The van der Waals surface area contributed by atoms with Crippen LogP contribution < -0.4 is 14.4 Å². The summed E-state index contributed by atoms with van der Waals surface area (Å²) in [7, 11) is 3.32. The second-order valence-corrected chi connectivity index (χ2v) is 5.88. The van der Waals surface area contributed by atoms with Gasteiger partial charge in [-0.3, -0.25) is 4.79 Å². The van der Waals surface area contributed by atoms with Gasteiger partial charge in [0.25, 0.3) is 0 Å². The number of carbonyl (C=O) groups is 1. The first-order chi connectivity index (χ1) is 10.5. The summed E-state index contributed by atoms with van der Waals surface area (Å²) >= 11 is 0. The second-order valence-electron chi connectivity index (χ2n) is 5.88. The second kappa shape index (κ2) is 7.38. The standard InChI is InChI=1S/C17H25NO4/c1-12(2)22-17(19)9-13-7-8-18(11-13)15-10-14(20-3)5-6-16(15)21-4/h5-6,10,12-13H,7-9,11H2,1-4H3. The van der Waals surface area contributed by atoms with Crippen molar-refractivity contribution in [3.8, 4) is 11.5 Å². The molecule has 0 bridgehead atoms. The fourth-order valence-corrected chi connectivity index (χ4v) is 2.81. The monoisotopic (exact) mass is 307 g/mol. The maximum Gasteiger partial charge on any atom is 0.306 e. The van der Waals surface area contributed by atoms with Gasteiger partial charge in [-0.2, -0.15) is 0 Å². The average Bonchev–Trinajstić information content (AvgIpc) is 2.93. The van der Waals surface area contributed by atoms with E-state index < -0.39 is 0 Å². The summed E-state index contributed by atoms with van der Waals surface area (Å²) in [6.45, 7) is 5.49. The summed E-state index contributed by atoms with van der Waals surface area (Å²) in [6, 6.07) is 5.78. The summed E-state index contributed by atoms with van der Waals surface area (Å²) in [5, 5.41) is 0. The van der Waals surface area contributed by atoms with E-state index in [1.165, 1.54) is 0 Å². The Hall–Kier alpha value is -1.91. The molecule has 2 rings (SSSR count). The lowest BCUT2D eigenvalue weighted by molar-refractivity contribution is -0.148. The van der Waals surface area contributed by atoms with Gasteiger partial charge in [0.15, 0.2) is 0 Å². The van der Waals surface area contributed by atoms with E-state index in [1.807, 2.05) is 32.0 Å². The quantitative estimate of drug-likeness (QED) is 0.756. The Balaban J connectivity index is 2.02. The van der Waals surface area contributed by atoms with Crippen LogP contribution in [0.2, 0.25) is 0 Å². The van der Waals surface area contributed by atoms with Crippen LogP contribution in [0.25, 0.3) is 0 Å². The molecule has 0 aliphatic carbocycles. The highest BCUT2D eigenvalue weighted by Crippen LogP contribution is 2.36. The molecular weight excluding hydrogens is 282 g/mol. The van der Waals surface area contributed by atoms with E-state index in [1.54, 1.807) is 14.2 Å². The molecule has 1 heterocycles. The van der Waals surface area contributed by atoms with Crippen molar-refractivity contribution < 1.29 is 19.0 Å². The molecule has 1 atom stereocenters. The smallest absolute Gasteiger partial charge is 0.306 e. The number of rotatable bonds is 6. The van der Waals surface area contributed by atoms with Gasteiger partial charge in [0.05, 0.1) is 32.4 Å². The molecule has 1 aliphatic heterocycles. The van der Waals surface area contributed by atoms with Gasteiger partial charge in [0.1, 0.15) is 11.5 Å². The van der Waals surface area contributed by atoms with Crippen molar-refractivity contribution in [3.05, 3.63) is 18.2 Å². The molecule has 1 aliphatic rings. The van der Waals surface area contributed by atoms with Crippen LogP contribution in [0.5, 0.6) is 11.5 Å². The molecule has 5 heteroatoms. The number of esters is 1. The number of carbonyl (C=O) groups excluding carboxylic acids is 1. The van der Waals surface area contributed by atoms with E-state index in [2.05, 4.69) is 4.90 Å². The molecule has 0 radical (unpaired) electrons. The van der Waals surface area contributed by atoms with Gasteiger partial charge in [0.2, 0.25) is 0 Å². The van der Waals surface area contributed by atoms with E-state index in [-0.39, 0.29) is 12.1 Å². The number of hydrogen-bond donors (Lipinski definition) is 0. The largest absolute Gasteiger partial charge is 0.497 e. The molecule has 122 valence electrons. The van der Waals surface area contributed by atoms with Crippen molar-refractivity contribution in [2.75, 3.05) is 32.2 Å². The number of methoxy groups -OCH3 is 2. The molecule has 1 unspecified atom stereocenters. The Bertz CT molecular complexity index is 515. The highest BCUT2D eigenvalue weighted by Gasteiger charge is 2.27. The van der Waals surface area contributed by atoms with Crippen LogP contribution in [0.1, 0.15) is 26.7 Å². The van der Waals surface area contributed by atoms with Gasteiger partial charge >= 0.3 is 5.97 Å². The average molecular weight is 307 g/mol. The van der Waals surface area contributed by atoms with Crippen molar-refractivity contribution in [2.45, 2.75) is 32.8 Å². The van der Waals surface area contributed by atoms with Crippen LogP contribution in [0, 0.1) is 5.92 Å². The Kier molecular flexibility index (Phi) is 5.52. The number of benzene rings is 1. The summed E-state index contributed by atoms with van der Waals surface area (Å²) < 4.78 is 16.0. The molecule has 0 amide bonds. The molecule has 22 heavy (non-hydrogen) atoms. The normalized spacial score (nSPS) is 17.7. The lowest BCUT2D eigenvalue weighted by Crippen LogP contribution is -2.22. The minimum atomic E-state index is -0.112. The lowest BCUT2D eigenvalue weighted by Gasteiger charge is -2.22. The van der Waals surface area contributed by atoms with Gasteiger partial charge in [-0.1, -0.05) is 0 Å². The molecule has 0 spiro atoms. The van der Waals surface area contributed by atoms with Crippen molar-refractivity contribution >= 4 is 11.7 Å². The van der Waals surface area contributed by atoms with Crippen LogP contribution >= 0.6 is 0 Å². The zero-order chi connectivity index (χ0) is 16.1. The SMILES string of the molecule is COc1ccc(OC)c(N2CCC(CC(=O)OC(C)C)C2)c1. The number of hydrogen-bond acceptors (Lipinski definition) is 5. The van der Waals surface area contributed by atoms with Gasteiger partial charge in [-0.05, 0) is 38.3 Å². The fourth-order valence-electron chi connectivity index (χ4n) is 2.81. The van der Waals surface area contributed by atoms with Crippen LogP contribution in [0.3, 0.4) is 0 Å². The Labute approximate surface area is 132 Å². The molecular formula is C17H25NO4. The van der Waals surface area contributed by atoms with E-state index in [0.717, 1.165) is 36.7 Å². The predicted octanol–water partition coefficient (Wildman–Crippen LogP) is 2.87. The van der Waals surface area contributed by atoms with Crippen molar-refractivity contribution in [2.24, 2.45) is 5.92 Å². The van der Waals surface area contributed by atoms with E-state index in [0.29, 0.717) is 12.3 Å². The Morgan fingerprint density at radius 2 is 2.09 bits per heavy atom. The maximum atomic E-state index is 11.8. The van der Waals surface area contributed by atoms with Crippen molar-refractivity contribution in [1.82, 2.24) is 0 Å². The summed E-state index contributed by atoms with van der Waals surface area (Å²) in [4.78, 5) is 14.0. The minimum absolute atomic E-state index is 0.0523. The number of ether oxygens (including phenoxy) is 3. The van der Waals surface area contributed by atoms with Crippen molar-refractivity contribution in [3.63, 3.8) is 0 Å². The third-order valence-corrected chi connectivity index (χ3v) is 3.84. The highest BCUT2D eigenvalue weighted by atomic mass is 16.5. The van der Waals surface area contributed by atoms with Gasteiger partial charge in [0, 0.05) is 19.2 Å². The number of anilines is 1. The third-order valence-electron chi connectivity index (χ3n) is 3.84. The van der Waals surface area contributed by atoms with Crippen LogP contribution in [-0.4, -0.2) is 39.4 Å². The first-order valence-electron chi connectivity index (χ1n) is 7.70. The van der Waals surface area contributed by atoms with Gasteiger partial charge in [-0.15, -0.1) is 0 Å². The summed E-state index contributed by atoms with van der Waals surface area (Å²) in [5.74, 6) is 1.84. The molecule has 1 aromatic carbocycles. The molecule has 1 saturated heterocycles. The number of nitrogens with zero attached hydrogens (tertiary/aromatic N) is 1. The predicted molar refractivity (Wildman–Crippen MR) is 85.7 cm³/mol. The Morgan fingerprint density at radius 3 is 2.73 bits per heavy atom. The van der Waals surface area contributed by atoms with E-state index >= 15 is 0 Å². The van der Waals surface area contributed by atoms with Crippen LogP contribution in [-0.2, 0) is 9.53 Å².